The van der Waals surface area contributed by atoms with Crippen LogP contribution in [-0.2, 0) is 22.7 Å². The van der Waals surface area contributed by atoms with Crippen LogP contribution in [0.15, 0.2) is 41.3 Å². The fraction of sp³-hybridized carbons (Fsp3) is 0.400. The van der Waals surface area contributed by atoms with Crippen molar-refractivity contribution in [3.8, 4) is 0 Å². The summed E-state index contributed by atoms with van der Waals surface area (Å²) in [7, 11) is 0. The maximum Gasteiger partial charge on any atom is 0.319 e. The first kappa shape index (κ1) is 24.6. The minimum Gasteiger partial charge on any atom is -0.338 e. The van der Waals surface area contributed by atoms with Crippen molar-refractivity contribution >= 4 is 46.9 Å². The van der Waals surface area contributed by atoms with Crippen LogP contribution in [0.4, 0.5) is 10.5 Å². The van der Waals surface area contributed by atoms with Crippen molar-refractivity contribution in [2.24, 2.45) is 0 Å². The zero-order chi connectivity index (χ0) is 24.1. The predicted octanol–water partition coefficient (Wildman–Crippen LogP) is 4.46. The molecule has 1 fully saturated rings. The molecule has 2 aliphatic rings. The molecule has 34 heavy (non-hydrogen) atoms. The maximum absolute atomic E-state index is 12.3. The van der Waals surface area contributed by atoms with E-state index in [2.05, 4.69) is 39.0 Å². The van der Waals surface area contributed by atoms with Gasteiger partial charge in [-0.2, -0.15) is 0 Å². The summed E-state index contributed by atoms with van der Waals surface area (Å²) in [6, 6.07) is 11.3. The molecule has 0 aliphatic carbocycles. The molecule has 2 aliphatic heterocycles. The Kier molecular flexibility index (Phi) is 8.13. The van der Waals surface area contributed by atoms with Gasteiger partial charge in [0, 0.05) is 41.7 Å². The number of urea groups is 1. The molecule has 180 valence electrons. The summed E-state index contributed by atoms with van der Waals surface area (Å²) in [6.45, 7) is 3.99. The SMILES string of the molecule is Cc1ccc(NC(=O)NCCCCSc2cccc3c2CN(C2CCC(=O)NC2=O)C3)cc1Cl. The largest absolute Gasteiger partial charge is 0.338 e. The number of fused-ring (bicyclic) bond motifs is 1. The van der Waals surface area contributed by atoms with Crippen LogP contribution < -0.4 is 16.0 Å². The van der Waals surface area contributed by atoms with Gasteiger partial charge >= 0.3 is 6.03 Å². The standard InChI is InChI=1S/C25H29ClN4O3S/c1-16-7-8-18(13-20(16)26)28-25(33)27-11-2-3-12-34-22-6-4-5-17-14-30(15-19(17)22)21-9-10-23(31)29-24(21)32/h4-8,13,21H,2-3,9-12,14-15H2,1H3,(H2,27,28,33)(H,29,31,32). The third-order valence-corrected chi connectivity index (χ3v) is 7.75. The van der Waals surface area contributed by atoms with Gasteiger partial charge in [0.2, 0.25) is 11.8 Å². The molecule has 0 spiro atoms. The Morgan fingerprint density at radius 1 is 1.21 bits per heavy atom. The van der Waals surface area contributed by atoms with Crippen molar-refractivity contribution in [2.45, 2.75) is 56.6 Å². The molecule has 2 aromatic carbocycles. The van der Waals surface area contributed by atoms with Crippen LogP contribution in [0.3, 0.4) is 0 Å². The fourth-order valence-electron chi connectivity index (χ4n) is 4.26. The number of piperidine rings is 1. The van der Waals surface area contributed by atoms with Gasteiger partial charge in [-0.3, -0.25) is 19.8 Å². The average Bonchev–Trinajstić information content (AvgIpc) is 3.23. The first-order chi connectivity index (χ1) is 16.4. The zero-order valence-corrected chi connectivity index (χ0v) is 20.7. The van der Waals surface area contributed by atoms with Crippen molar-refractivity contribution in [1.82, 2.24) is 15.5 Å². The summed E-state index contributed by atoms with van der Waals surface area (Å²) in [6.07, 6.45) is 2.84. The van der Waals surface area contributed by atoms with Gasteiger partial charge in [0.15, 0.2) is 0 Å². The zero-order valence-electron chi connectivity index (χ0n) is 19.2. The third-order valence-electron chi connectivity index (χ3n) is 6.16. The van der Waals surface area contributed by atoms with Crippen LogP contribution in [0.1, 0.15) is 42.4 Å². The molecule has 0 saturated carbocycles. The Balaban J connectivity index is 1.18. The Morgan fingerprint density at radius 2 is 2.06 bits per heavy atom. The number of anilines is 1. The summed E-state index contributed by atoms with van der Waals surface area (Å²) in [5.41, 5.74) is 4.18. The van der Waals surface area contributed by atoms with E-state index in [1.165, 1.54) is 16.0 Å². The molecule has 7 nitrogen and oxygen atoms in total. The number of carbonyl (C=O) groups is 3. The molecular formula is C25H29ClN4O3S. The Hall–Kier alpha value is -2.55. The highest BCUT2D eigenvalue weighted by Crippen LogP contribution is 2.34. The number of amides is 4. The second-order valence-corrected chi connectivity index (χ2v) is 10.2. The Bertz CT molecular complexity index is 1090. The van der Waals surface area contributed by atoms with E-state index >= 15 is 0 Å². The molecule has 9 heteroatoms. The van der Waals surface area contributed by atoms with Crippen LogP contribution in [0, 0.1) is 6.92 Å². The molecule has 2 aromatic rings. The van der Waals surface area contributed by atoms with Crippen LogP contribution in [0.2, 0.25) is 5.02 Å². The van der Waals surface area contributed by atoms with Gasteiger partial charge in [-0.15, -0.1) is 11.8 Å². The number of nitrogens with zero attached hydrogens (tertiary/aromatic N) is 1. The van der Waals surface area contributed by atoms with Crippen LogP contribution in [0.25, 0.3) is 0 Å². The van der Waals surface area contributed by atoms with Gasteiger partial charge in [0.25, 0.3) is 0 Å². The fourth-order valence-corrected chi connectivity index (χ4v) is 5.55. The van der Waals surface area contributed by atoms with Crippen molar-refractivity contribution in [3.63, 3.8) is 0 Å². The van der Waals surface area contributed by atoms with Gasteiger partial charge in [-0.1, -0.05) is 29.8 Å². The average molecular weight is 501 g/mol. The summed E-state index contributed by atoms with van der Waals surface area (Å²) in [5.74, 6) is 0.590. The molecule has 0 aromatic heterocycles. The van der Waals surface area contributed by atoms with Gasteiger partial charge in [-0.25, -0.2) is 4.79 Å². The number of halogens is 1. The molecule has 2 heterocycles. The molecule has 4 amide bonds. The first-order valence-corrected chi connectivity index (χ1v) is 12.9. The van der Waals surface area contributed by atoms with E-state index in [-0.39, 0.29) is 23.9 Å². The Labute approximate surface area is 209 Å². The highest BCUT2D eigenvalue weighted by Gasteiger charge is 2.35. The third kappa shape index (κ3) is 6.11. The number of thioether (sulfide) groups is 1. The summed E-state index contributed by atoms with van der Waals surface area (Å²) in [5, 5.41) is 8.77. The van der Waals surface area contributed by atoms with E-state index in [0.717, 1.165) is 37.2 Å². The lowest BCUT2D eigenvalue weighted by Gasteiger charge is -2.29. The van der Waals surface area contributed by atoms with E-state index in [0.29, 0.717) is 30.1 Å². The quantitative estimate of drug-likeness (QED) is 0.283. The number of rotatable bonds is 8. The number of imide groups is 1. The molecule has 3 N–H and O–H groups in total. The van der Waals surface area contributed by atoms with Gasteiger partial charge in [0.1, 0.15) is 0 Å². The Morgan fingerprint density at radius 3 is 2.85 bits per heavy atom. The number of carbonyl (C=O) groups excluding carboxylic acids is 3. The smallest absolute Gasteiger partial charge is 0.319 e. The topological polar surface area (TPSA) is 90.5 Å². The van der Waals surface area contributed by atoms with E-state index in [9.17, 15) is 14.4 Å². The van der Waals surface area contributed by atoms with E-state index in [1.807, 2.05) is 30.8 Å². The van der Waals surface area contributed by atoms with Crippen LogP contribution >= 0.6 is 23.4 Å². The number of hydrogen-bond donors (Lipinski definition) is 3. The number of aryl methyl sites for hydroxylation is 1. The molecular weight excluding hydrogens is 472 g/mol. The highest BCUT2D eigenvalue weighted by atomic mass is 35.5. The van der Waals surface area contributed by atoms with E-state index in [4.69, 9.17) is 11.6 Å². The summed E-state index contributed by atoms with van der Waals surface area (Å²) < 4.78 is 0. The maximum atomic E-state index is 12.3. The lowest BCUT2D eigenvalue weighted by molar-refractivity contribution is -0.137. The first-order valence-electron chi connectivity index (χ1n) is 11.5. The van der Waals surface area contributed by atoms with Crippen molar-refractivity contribution in [3.05, 3.63) is 58.1 Å². The highest BCUT2D eigenvalue weighted by molar-refractivity contribution is 7.99. The van der Waals surface area contributed by atoms with Crippen LogP contribution in [-0.4, -0.2) is 41.1 Å². The van der Waals surface area contributed by atoms with Gasteiger partial charge in [-0.05, 0) is 66.8 Å². The normalized spacial score (nSPS) is 17.9. The number of unbranched alkanes of at least 4 members (excludes halogenated alkanes) is 1. The van der Waals surface area contributed by atoms with Gasteiger partial charge < -0.3 is 10.6 Å². The summed E-state index contributed by atoms with van der Waals surface area (Å²) in [4.78, 5) is 39.2. The van der Waals surface area contributed by atoms with Crippen molar-refractivity contribution in [1.29, 1.82) is 0 Å². The second-order valence-electron chi connectivity index (χ2n) is 8.67. The second kappa shape index (κ2) is 11.3. The number of nitrogens with one attached hydrogen (secondary N) is 3. The van der Waals surface area contributed by atoms with E-state index in [1.54, 1.807) is 6.07 Å². The predicted molar refractivity (Wildman–Crippen MR) is 135 cm³/mol. The molecule has 0 radical (unpaired) electrons. The van der Waals surface area contributed by atoms with Gasteiger partial charge in [0.05, 0.1) is 6.04 Å². The number of benzene rings is 2. The molecule has 4 rings (SSSR count). The molecule has 1 atom stereocenters. The van der Waals surface area contributed by atoms with E-state index < -0.39 is 0 Å². The monoisotopic (exact) mass is 500 g/mol. The number of hydrogen-bond acceptors (Lipinski definition) is 5. The minimum absolute atomic E-state index is 0.180. The molecule has 1 unspecified atom stereocenters. The minimum atomic E-state index is -0.240. The van der Waals surface area contributed by atoms with Crippen LogP contribution in [0.5, 0.6) is 0 Å². The summed E-state index contributed by atoms with van der Waals surface area (Å²) >= 11 is 7.91. The molecule has 0 bridgehead atoms. The lowest BCUT2D eigenvalue weighted by Crippen LogP contribution is -2.50. The molecule has 1 saturated heterocycles. The lowest BCUT2D eigenvalue weighted by atomic mass is 10.0. The van der Waals surface area contributed by atoms with Crippen molar-refractivity contribution in [2.75, 3.05) is 17.6 Å². The van der Waals surface area contributed by atoms with Crippen molar-refractivity contribution < 1.29 is 14.4 Å².